The van der Waals surface area contributed by atoms with Gasteiger partial charge in [0, 0.05) is 12.5 Å². The zero-order valence-corrected chi connectivity index (χ0v) is 12.7. The first-order chi connectivity index (χ1) is 8.97. The monoisotopic (exact) mass is 261 g/mol. The SMILES string of the molecule is CCCCNC(=O)C(C)C(C)(C)Cc1ccccc1. The van der Waals surface area contributed by atoms with Crippen LogP contribution in [0.5, 0.6) is 0 Å². The van der Waals surface area contributed by atoms with Crippen LogP contribution in [0.2, 0.25) is 0 Å². The van der Waals surface area contributed by atoms with Crippen LogP contribution >= 0.6 is 0 Å². The molecule has 1 unspecified atom stereocenters. The maximum Gasteiger partial charge on any atom is 0.223 e. The number of hydrogen-bond donors (Lipinski definition) is 1. The number of amides is 1. The summed E-state index contributed by atoms with van der Waals surface area (Å²) in [5.74, 6) is 0.193. The number of hydrogen-bond acceptors (Lipinski definition) is 1. The smallest absolute Gasteiger partial charge is 0.223 e. The van der Waals surface area contributed by atoms with Crippen molar-refractivity contribution in [2.24, 2.45) is 11.3 Å². The molecule has 0 bridgehead atoms. The minimum Gasteiger partial charge on any atom is -0.356 e. The second kappa shape index (κ2) is 7.32. The lowest BCUT2D eigenvalue weighted by Crippen LogP contribution is -2.39. The van der Waals surface area contributed by atoms with Crippen LogP contribution in [0.4, 0.5) is 0 Å². The zero-order valence-electron chi connectivity index (χ0n) is 12.7. The summed E-state index contributed by atoms with van der Waals surface area (Å²) < 4.78 is 0. The third-order valence-electron chi connectivity index (χ3n) is 3.90. The van der Waals surface area contributed by atoms with Crippen molar-refractivity contribution in [3.05, 3.63) is 35.9 Å². The molecule has 0 saturated heterocycles. The molecular weight excluding hydrogens is 234 g/mol. The van der Waals surface area contributed by atoms with Gasteiger partial charge in [-0.15, -0.1) is 0 Å². The van der Waals surface area contributed by atoms with Crippen molar-refractivity contribution in [3.8, 4) is 0 Å². The summed E-state index contributed by atoms with van der Waals surface area (Å²) >= 11 is 0. The van der Waals surface area contributed by atoms with Gasteiger partial charge in [-0.05, 0) is 23.8 Å². The first kappa shape index (κ1) is 15.7. The quantitative estimate of drug-likeness (QED) is 0.743. The van der Waals surface area contributed by atoms with Gasteiger partial charge in [0.05, 0.1) is 0 Å². The zero-order chi connectivity index (χ0) is 14.3. The minimum atomic E-state index is -0.0301. The molecule has 0 spiro atoms. The van der Waals surface area contributed by atoms with E-state index in [1.165, 1.54) is 5.56 Å². The standard InChI is InChI=1S/C17H27NO/c1-5-6-12-18-16(19)14(2)17(3,4)13-15-10-8-7-9-11-15/h7-11,14H,5-6,12-13H2,1-4H3,(H,18,19). The average Bonchev–Trinajstić information content (AvgIpc) is 2.38. The highest BCUT2D eigenvalue weighted by Gasteiger charge is 2.31. The lowest BCUT2D eigenvalue weighted by atomic mass is 9.75. The van der Waals surface area contributed by atoms with Gasteiger partial charge in [-0.1, -0.05) is 64.4 Å². The molecule has 0 aliphatic carbocycles. The molecule has 1 aromatic carbocycles. The Kier molecular flexibility index (Phi) is 6.07. The van der Waals surface area contributed by atoms with Gasteiger partial charge in [0.25, 0.3) is 0 Å². The summed E-state index contributed by atoms with van der Waals surface area (Å²) in [5, 5.41) is 3.04. The number of rotatable bonds is 7. The Morgan fingerprint density at radius 2 is 1.89 bits per heavy atom. The highest BCUT2D eigenvalue weighted by molar-refractivity contribution is 5.79. The van der Waals surface area contributed by atoms with Crippen LogP contribution in [0.3, 0.4) is 0 Å². The van der Waals surface area contributed by atoms with Gasteiger partial charge in [0.2, 0.25) is 5.91 Å². The van der Waals surface area contributed by atoms with Crippen molar-refractivity contribution in [1.29, 1.82) is 0 Å². The minimum absolute atomic E-state index is 0.0181. The molecule has 1 amide bonds. The van der Waals surface area contributed by atoms with Crippen LogP contribution < -0.4 is 5.32 Å². The Balaban J connectivity index is 2.58. The topological polar surface area (TPSA) is 29.1 Å². The largest absolute Gasteiger partial charge is 0.356 e. The van der Waals surface area contributed by atoms with Crippen LogP contribution in [0.1, 0.15) is 46.1 Å². The highest BCUT2D eigenvalue weighted by Crippen LogP contribution is 2.31. The van der Waals surface area contributed by atoms with Crippen LogP contribution in [-0.2, 0) is 11.2 Å². The van der Waals surface area contributed by atoms with Gasteiger partial charge >= 0.3 is 0 Å². The molecule has 19 heavy (non-hydrogen) atoms. The Labute approximate surface area is 117 Å². The molecule has 0 heterocycles. The molecule has 1 atom stereocenters. The highest BCUT2D eigenvalue weighted by atomic mass is 16.1. The third kappa shape index (κ3) is 5.06. The van der Waals surface area contributed by atoms with Gasteiger partial charge in [0.1, 0.15) is 0 Å². The van der Waals surface area contributed by atoms with E-state index in [1.807, 2.05) is 13.0 Å². The second-order valence-electron chi connectivity index (χ2n) is 6.02. The van der Waals surface area contributed by atoms with Crippen molar-refractivity contribution < 1.29 is 4.79 Å². The summed E-state index contributed by atoms with van der Waals surface area (Å²) in [4.78, 5) is 12.1. The Morgan fingerprint density at radius 1 is 1.26 bits per heavy atom. The lowest BCUT2D eigenvalue weighted by Gasteiger charge is -2.31. The molecule has 1 N–H and O–H groups in total. The fraction of sp³-hybridized carbons (Fsp3) is 0.588. The normalized spacial score (nSPS) is 13.1. The summed E-state index contributed by atoms with van der Waals surface area (Å²) in [6.07, 6.45) is 3.09. The van der Waals surface area contributed by atoms with Gasteiger partial charge < -0.3 is 5.32 Å². The fourth-order valence-corrected chi connectivity index (χ4v) is 2.17. The summed E-state index contributed by atoms with van der Waals surface area (Å²) in [5.41, 5.74) is 1.26. The molecule has 0 aromatic heterocycles. The Bertz CT molecular complexity index is 384. The molecule has 0 aliphatic rings. The molecule has 106 valence electrons. The van der Waals surface area contributed by atoms with Gasteiger partial charge in [-0.3, -0.25) is 4.79 Å². The number of nitrogens with one attached hydrogen (secondary N) is 1. The van der Waals surface area contributed by atoms with Crippen LogP contribution in [0.25, 0.3) is 0 Å². The number of benzene rings is 1. The maximum atomic E-state index is 12.1. The number of unbranched alkanes of at least 4 members (excludes halogenated alkanes) is 1. The molecule has 0 saturated carbocycles. The molecular formula is C17H27NO. The van der Waals surface area contributed by atoms with Crippen molar-refractivity contribution in [3.63, 3.8) is 0 Å². The molecule has 0 radical (unpaired) electrons. The van der Waals surface area contributed by atoms with E-state index >= 15 is 0 Å². The van der Waals surface area contributed by atoms with Gasteiger partial charge in [0.15, 0.2) is 0 Å². The maximum absolute atomic E-state index is 12.1. The van der Waals surface area contributed by atoms with E-state index in [0.717, 1.165) is 25.8 Å². The first-order valence-electron chi connectivity index (χ1n) is 7.29. The molecule has 2 heteroatoms. The van der Waals surface area contributed by atoms with Crippen LogP contribution in [0, 0.1) is 11.3 Å². The Morgan fingerprint density at radius 3 is 2.47 bits per heavy atom. The molecule has 1 rings (SSSR count). The van der Waals surface area contributed by atoms with Crippen molar-refractivity contribution in [1.82, 2.24) is 5.32 Å². The van der Waals surface area contributed by atoms with E-state index in [-0.39, 0.29) is 17.2 Å². The van der Waals surface area contributed by atoms with Crippen molar-refractivity contribution in [2.45, 2.75) is 47.0 Å². The third-order valence-corrected chi connectivity index (χ3v) is 3.90. The average molecular weight is 261 g/mol. The summed E-state index contributed by atoms with van der Waals surface area (Å²) in [6.45, 7) is 9.30. The van der Waals surface area contributed by atoms with E-state index in [9.17, 15) is 4.79 Å². The van der Waals surface area contributed by atoms with E-state index in [1.54, 1.807) is 0 Å². The van der Waals surface area contributed by atoms with Crippen LogP contribution in [0.15, 0.2) is 30.3 Å². The molecule has 1 aromatic rings. The first-order valence-corrected chi connectivity index (χ1v) is 7.29. The van der Waals surface area contributed by atoms with Crippen LogP contribution in [-0.4, -0.2) is 12.5 Å². The molecule has 2 nitrogen and oxygen atoms in total. The predicted octanol–water partition coefficient (Wildman–Crippen LogP) is 3.81. The lowest BCUT2D eigenvalue weighted by molar-refractivity contribution is -0.127. The number of carbonyl (C=O) groups is 1. The van der Waals surface area contributed by atoms with Gasteiger partial charge in [-0.2, -0.15) is 0 Å². The molecule has 0 aliphatic heterocycles. The summed E-state index contributed by atoms with van der Waals surface area (Å²) in [6, 6.07) is 10.4. The predicted molar refractivity (Wildman–Crippen MR) is 81.0 cm³/mol. The second-order valence-corrected chi connectivity index (χ2v) is 6.02. The summed E-state index contributed by atoms with van der Waals surface area (Å²) in [7, 11) is 0. The van der Waals surface area contributed by atoms with E-state index < -0.39 is 0 Å². The van der Waals surface area contributed by atoms with E-state index in [2.05, 4.69) is 50.4 Å². The molecule has 0 fully saturated rings. The fourth-order valence-electron chi connectivity index (χ4n) is 2.17. The Hall–Kier alpha value is -1.31. The van der Waals surface area contributed by atoms with Crippen molar-refractivity contribution in [2.75, 3.05) is 6.54 Å². The van der Waals surface area contributed by atoms with Crippen molar-refractivity contribution >= 4 is 5.91 Å². The number of carbonyl (C=O) groups excluding carboxylic acids is 1. The van der Waals surface area contributed by atoms with E-state index in [4.69, 9.17) is 0 Å². The van der Waals surface area contributed by atoms with E-state index in [0.29, 0.717) is 0 Å². The van der Waals surface area contributed by atoms with Gasteiger partial charge in [-0.25, -0.2) is 0 Å².